The number of likely N-dealkylation sites (tertiary alicyclic amines) is 1. The number of piperidine rings is 1. The van der Waals surface area contributed by atoms with Crippen LogP contribution in [-0.2, 0) is 9.53 Å². The van der Waals surface area contributed by atoms with E-state index in [1.165, 1.54) is 11.1 Å². The third-order valence-corrected chi connectivity index (χ3v) is 5.90. The molecule has 25 heavy (non-hydrogen) atoms. The summed E-state index contributed by atoms with van der Waals surface area (Å²) in [5.41, 5.74) is 2.39. The minimum absolute atomic E-state index is 0. The number of carbonyl (C=O) groups is 1. The highest BCUT2D eigenvalue weighted by Gasteiger charge is 2.46. The molecule has 1 aromatic carbocycles. The number of rotatable bonds is 4. The molecule has 1 amide bonds. The van der Waals surface area contributed by atoms with Crippen molar-refractivity contribution in [1.29, 1.82) is 0 Å². The molecule has 4 nitrogen and oxygen atoms in total. The average Bonchev–Trinajstić information content (AvgIpc) is 2.97. The van der Waals surface area contributed by atoms with Gasteiger partial charge in [-0.3, -0.25) is 4.79 Å². The van der Waals surface area contributed by atoms with Crippen LogP contribution in [0.3, 0.4) is 0 Å². The van der Waals surface area contributed by atoms with Gasteiger partial charge in [-0.25, -0.2) is 0 Å². The summed E-state index contributed by atoms with van der Waals surface area (Å²) in [5.74, 6) is 0.751. The highest BCUT2D eigenvalue weighted by Crippen LogP contribution is 2.38. The van der Waals surface area contributed by atoms with Crippen molar-refractivity contribution in [2.24, 2.45) is 5.41 Å². The fourth-order valence-corrected chi connectivity index (χ4v) is 4.49. The number of hydrogen-bond donors (Lipinski definition) is 1. The average molecular weight is 367 g/mol. The number of halogens is 1. The maximum atomic E-state index is 13.4. The SMILES string of the molecule is COCC1(C(=O)N2CC(c3ccccc3C)CC2C)CCNCC1.Cl. The van der Waals surface area contributed by atoms with Crippen LogP contribution in [0.15, 0.2) is 24.3 Å². The molecule has 0 spiro atoms. The molecule has 2 fully saturated rings. The molecule has 2 unspecified atom stereocenters. The van der Waals surface area contributed by atoms with E-state index in [1.807, 2.05) is 0 Å². The Balaban J connectivity index is 0.00000225. The molecule has 3 rings (SSSR count). The molecular weight excluding hydrogens is 336 g/mol. The first-order chi connectivity index (χ1) is 11.6. The Morgan fingerprint density at radius 2 is 2.00 bits per heavy atom. The van der Waals surface area contributed by atoms with Crippen molar-refractivity contribution in [3.63, 3.8) is 0 Å². The van der Waals surface area contributed by atoms with Gasteiger partial charge in [0.15, 0.2) is 0 Å². The lowest BCUT2D eigenvalue weighted by Gasteiger charge is -2.39. The molecule has 2 heterocycles. The van der Waals surface area contributed by atoms with Gasteiger partial charge in [0.05, 0.1) is 12.0 Å². The lowest BCUT2D eigenvalue weighted by Crippen LogP contribution is -2.52. The molecule has 1 aromatic rings. The van der Waals surface area contributed by atoms with E-state index in [0.29, 0.717) is 24.5 Å². The molecule has 5 heteroatoms. The number of benzene rings is 1. The fourth-order valence-electron chi connectivity index (χ4n) is 4.49. The van der Waals surface area contributed by atoms with Crippen molar-refractivity contribution in [3.05, 3.63) is 35.4 Å². The van der Waals surface area contributed by atoms with Crippen LogP contribution in [0, 0.1) is 12.3 Å². The molecule has 0 aromatic heterocycles. The Bertz CT molecular complexity index is 581. The van der Waals surface area contributed by atoms with E-state index < -0.39 is 0 Å². The van der Waals surface area contributed by atoms with Gasteiger partial charge < -0.3 is 15.0 Å². The zero-order valence-electron chi connectivity index (χ0n) is 15.6. The summed E-state index contributed by atoms with van der Waals surface area (Å²) in [6.07, 6.45) is 2.80. The largest absolute Gasteiger partial charge is 0.384 e. The molecule has 0 aliphatic carbocycles. The summed E-state index contributed by atoms with van der Waals surface area (Å²) < 4.78 is 5.46. The standard InChI is InChI=1S/C20H30N2O2.ClH/c1-15-6-4-5-7-18(15)17-12-16(2)22(13-17)19(23)20(14-24-3)8-10-21-11-9-20;/h4-7,16-17,21H,8-14H2,1-3H3;1H. The monoisotopic (exact) mass is 366 g/mol. The lowest BCUT2D eigenvalue weighted by molar-refractivity contribution is -0.148. The van der Waals surface area contributed by atoms with Crippen LogP contribution in [-0.4, -0.2) is 50.2 Å². The van der Waals surface area contributed by atoms with Crippen molar-refractivity contribution in [2.45, 2.75) is 45.1 Å². The first kappa shape index (κ1) is 20.2. The van der Waals surface area contributed by atoms with E-state index in [0.717, 1.165) is 38.9 Å². The molecule has 0 bridgehead atoms. The number of hydrogen-bond acceptors (Lipinski definition) is 3. The Kier molecular flexibility index (Phi) is 6.89. The van der Waals surface area contributed by atoms with E-state index in [9.17, 15) is 4.79 Å². The van der Waals surface area contributed by atoms with Gasteiger partial charge in [0.2, 0.25) is 5.91 Å². The van der Waals surface area contributed by atoms with Crippen LogP contribution < -0.4 is 5.32 Å². The second kappa shape index (κ2) is 8.52. The smallest absolute Gasteiger partial charge is 0.231 e. The Morgan fingerprint density at radius 3 is 2.64 bits per heavy atom. The van der Waals surface area contributed by atoms with Gasteiger partial charge in [0, 0.05) is 25.6 Å². The highest BCUT2D eigenvalue weighted by atomic mass is 35.5. The fraction of sp³-hybridized carbons (Fsp3) is 0.650. The van der Waals surface area contributed by atoms with Crippen LogP contribution in [0.1, 0.15) is 43.2 Å². The summed E-state index contributed by atoms with van der Waals surface area (Å²) >= 11 is 0. The van der Waals surface area contributed by atoms with Crippen molar-refractivity contribution in [1.82, 2.24) is 10.2 Å². The van der Waals surface area contributed by atoms with E-state index in [1.54, 1.807) is 7.11 Å². The molecule has 2 aliphatic heterocycles. The second-order valence-electron chi connectivity index (χ2n) is 7.56. The highest BCUT2D eigenvalue weighted by molar-refractivity contribution is 5.85. The molecular formula is C20H31ClN2O2. The van der Waals surface area contributed by atoms with Crippen molar-refractivity contribution < 1.29 is 9.53 Å². The molecule has 2 saturated heterocycles. The quantitative estimate of drug-likeness (QED) is 0.890. The molecule has 0 saturated carbocycles. The summed E-state index contributed by atoms with van der Waals surface area (Å²) in [6, 6.07) is 8.88. The van der Waals surface area contributed by atoms with Gasteiger partial charge >= 0.3 is 0 Å². The zero-order valence-corrected chi connectivity index (χ0v) is 16.4. The first-order valence-corrected chi connectivity index (χ1v) is 9.13. The summed E-state index contributed by atoms with van der Waals surface area (Å²) in [4.78, 5) is 15.5. The Labute approximate surface area is 157 Å². The number of methoxy groups -OCH3 is 1. The minimum Gasteiger partial charge on any atom is -0.384 e. The predicted octanol–water partition coefficient (Wildman–Crippen LogP) is 3.14. The van der Waals surface area contributed by atoms with Gasteiger partial charge in [0.25, 0.3) is 0 Å². The normalized spacial score (nSPS) is 25.5. The van der Waals surface area contributed by atoms with Gasteiger partial charge in [-0.15, -0.1) is 12.4 Å². The topological polar surface area (TPSA) is 41.6 Å². The Hall–Kier alpha value is -1.10. The first-order valence-electron chi connectivity index (χ1n) is 9.13. The molecule has 140 valence electrons. The van der Waals surface area contributed by atoms with E-state index in [2.05, 4.69) is 48.3 Å². The molecule has 1 N–H and O–H groups in total. The maximum Gasteiger partial charge on any atom is 0.231 e. The van der Waals surface area contributed by atoms with Crippen LogP contribution in [0.2, 0.25) is 0 Å². The molecule has 2 aliphatic rings. The number of ether oxygens (including phenoxy) is 1. The van der Waals surface area contributed by atoms with Crippen molar-refractivity contribution >= 4 is 18.3 Å². The summed E-state index contributed by atoms with van der Waals surface area (Å²) in [7, 11) is 1.71. The number of carbonyl (C=O) groups excluding carboxylic acids is 1. The second-order valence-corrected chi connectivity index (χ2v) is 7.56. The van der Waals surface area contributed by atoms with Gasteiger partial charge in [-0.1, -0.05) is 24.3 Å². The van der Waals surface area contributed by atoms with Crippen LogP contribution in [0.5, 0.6) is 0 Å². The number of nitrogens with zero attached hydrogens (tertiary/aromatic N) is 1. The van der Waals surface area contributed by atoms with E-state index >= 15 is 0 Å². The van der Waals surface area contributed by atoms with Gasteiger partial charge in [0.1, 0.15) is 0 Å². The van der Waals surface area contributed by atoms with Crippen LogP contribution >= 0.6 is 12.4 Å². The summed E-state index contributed by atoms with van der Waals surface area (Å²) in [5, 5.41) is 3.37. The molecule has 0 radical (unpaired) electrons. The van der Waals surface area contributed by atoms with Crippen molar-refractivity contribution in [2.75, 3.05) is 33.4 Å². The third-order valence-electron chi connectivity index (χ3n) is 5.90. The van der Waals surface area contributed by atoms with Crippen LogP contribution in [0.25, 0.3) is 0 Å². The number of nitrogens with one attached hydrogen (secondary N) is 1. The molecule has 2 atom stereocenters. The Morgan fingerprint density at radius 1 is 1.32 bits per heavy atom. The lowest BCUT2D eigenvalue weighted by atomic mass is 9.78. The predicted molar refractivity (Wildman–Crippen MR) is 103 cm³/mol. The van der Waals surface area contributed by atoms with E-state index in [4.69, 9.17) is 4.74 Å². The van der Waals surface area contributed by atoms with E-state index in [-0.39, 0.29) is 17.8 Å². The summed E-state index contributed by atoms with van der Waals surface area (Å²) in [6.45, 7) is 7.54. The maximum absolute atomic E-state index is 13.4. The minimum atomic E-state index is -0.338. The van der Waals surface area contributed by atoms with Crippen LogP contribution in [0.4, 0.5) is 0 Å². The van der Waals surface area contributed by atoms with Gasteiger partial charge in [-0.05, 0) is 57.3 Å². The number of amides is 1. The van der Waals surface area contributed by atoms with Crippen molar-refractivity contribution in [3.8, 4) is 0 Å². The number of aryl methyl sites for hydroxylation is 1. The third kappa shape index (κ3) is 4.02. The van der Waals surface area contributed by atoms with Gasteiger partial charge in [-0.2, -0.15) is 0 Å². The zero-order chi connectivity index (χ0) is 17.2.